The summed E-state index contributed by atoms with van der Waals surface area (Å²) in [6, 6.07) is 6.91. The second-order valence-electron chi connectivity index (χ2n) is 3.93. The number of benzene rings is 1. The van der Waals surface area contributed by atoms with Gasteiger partial charge in [0.25, 0.3) is 5.91 Å². The van der Waals surface area contributed by atoms with E-state index in [1.807, 2.05) is 6.07 Å². The molecule has 0 aliphatic carbocycles. The van der Waals surface area contributed by atoms with Gasteiger partial charge in [0.1, 0.15) is 0 Å². The number of amides is 1. The van der Waals surface area contributed by atoms with E-state index in [4.69, 9.17) is 4.74 Å². The van der Waals surface area contributed by atoms with Crippen molar-refractivity contribution in [3.8, 4) is 0 Å². The molecule has 1 aromatic rings. The van der Waals surface area contributed by atoms with Crippen molar-refractivity contribution in [3.05, 3.63) is 29.8 Å². The molecule has 1 saturated heterocycles. The van der Waals surface area contributed by atoms with Crippen molar-refractivity contribution < 1.29 is 14.6 Å². The maximum atomic E-state index is 12.3. The lowest BCUT2D eigenvalue weighted by atomic mass is 10.1. The topological polar surface area (TPSA) is 49.8 Å². The van der Waals surface area contributed by atoms with Gasteiger partial charge in [0.2, 0.25) is 0 Å². The van der Waals surface area contributed by atoms with Crippen molar-refractivity contribution in [2.75, 3.05) is 26.4 Å². The normalized spacial score (nSPS) is 20.4. The fourth-order valence-corrected chi connectivity index (χ4v) is 2.14. The Hall–Kier alpha value is -1.04. The molecular formula is C12H15NO3S. The monoisotopic (exact) mass is 253 g/mol. The molecule has 4 nitrogen and oxygen atoms in total. The van der Waals surface area contributed by atoms with Gasteiger partial charge in [-0.15, -0.1) is 12.6 Å². The van der Waals surface area contributed by atoms with Gasteiger partial charge >= 0.3 is 0 Å². The van der Waals surface area contributed by atoms with Crippen LogP contribution in [0.1, 0.15) is 10.4 Å². The van der Waals surface area contributed by atoms with Crippen molar-refractivity contribution in [1.82, 2.24) is 4.90 Å². The van der Waals surface area contributed by atoms with Gasteiger partial charge in [-0.25, -0.2) is 0 Å². The van der Waals surface area contributed by atoms with Gasteiger partial charge in [0.15, 0.2) is 0 Å². The molecule has 0 radical (unpaired) electrons. The quantitative estimate of drug-likeness (QED) is 0.767. The molecule has 1 amide bonds. The molecule has 0 aromatic heterocycles. The maximum Gasteiger partial charge on any atom is 0.255 e. The number of morpholine rings is 1. The molecule has 0 bridgehead atoms. The van der Waals surface area contributed by atoms with Crippen LogP contribution in [0.2, 0.25) is 0 Å². The number of carbonyl (C=O) groups is 1. The largest absolute Gasteiger partial charge is 0.394 e. The zero-order valence-electron chi connectivity index (χ0n) is 9.37. The Labute approximate surface area is 106 Å². The molecule has 0 saturated carbocycles. The number of carbonyl (C=O) groups excluding carboxylic acids is 1. The first-order chi connectivity index (χ1) is 8.24. The molecule has 1 atom stereocenters. The number of hydrogen-bond donors (Lipinski definition) is 2. The Morgan fingerprint density at radius 3 is 3.00 bits per heavy atom. The zero-order chi connectivity index (χ0) is 12.3. The highest BCUT2D eigenvalue weighted by Gasteiger charge is 2.28. The summed E-state index contributed by atoms with van der Waals surface area (Å²) >= 11 is 4.27. The van der Waals surface area contributed by atoms with Crippen molar-refractivity contribution in [3.63, 3.8) is 0 Å². The Balaban J connectivity index is 2.21. The summed E-state index contributed by atoms with van der Waals surface area (Å²) in [6.07, 6.45) is 0. The van der Waals surface area contributed by atoms with E-state index in [9.17, 15) is 9.90 Å². The summed E-state index contributed by atoms with van der Waals surface area (Å²) < 4.78 is 5.25. The van der Waals surface area contributed by atoms with Crippen LogP contribution in [0.5, 0.6) is 0 Å². The SMILES string of the molecule is O=C(c1ccccc1S)N1CCOCC1CO. The number of aliphatic hydroxyl groups is 1. The molecule has 1 N–H and O–H groups in total. The molecule has 2 rings (SSSR count). The fraction of sp³-hybridized carbons (Fsp3) is 0.417. The minimum Gasteiger partial charge on any atom is -0.394 e. The Kier molecular flexibility index (Phi) is 4.04. The van der Waals surface area contributed by atoms with Gasteiger partial charge in [0.05, 0.1) is 31.4 Å². The van der Waals surface area contributed by atoms with Crippen LogP contribution in [0.25, 0.3) is 0 Å². The average Bonchev–Trinajstić information content (AvgIpc) is 2.38. The van der Waals surface area contributed by atoms with Crippen LogP contribution in [0, 0.1) is 0 Å². The maximum absolute atomic E-state index is 12.3. The molecule has 0 spiro atoms. The van der Waals surface area contributed by atoms with Crippen molar-refractivity contribution in [2.45, 2.75) is 10.9 Å². The molecule has 17 heavy (non-hydrogen) atoms. The summed E-state index contributed by atoms with van der Waals surface area (Å²) in [5.41, 5.74) is 0.566. The lowest BCUT2D eigenvalue weighted by Crippen LogP contribution is -2.50. The third-order valence-corrected chi connectivity index (χ3v) is 3.22. The van der Waals surface area contributed by atoms with Crippen LogP contribution in [0.4, 0.5) is 0 Å². The summed E-state index contributed by atoms with van der Waals surface area (Å²) in [7, 11) is 0. The van der Waals surface area contributed by atoms with Gasteiger partial charge in [-0.2, -0.15) is 0 Å². The van der Waals surface area contributed by atoms with E-state index in [0.29, 0.717) is 30.2 Å². The third kappa shape index (κ3) is 2.62. The highest BCUT2D eigenvalue weighted by Crippen LogP contribution is 2.18. The molecule has 1 fully saturated rings. The average molecular weight is 253 g/mol. The second-order valence-corrected chi connectivity index (χ2v) is 4.41. The Morgan fingerprint density at radius 2 is 2.29 bits per heavy atom. The molecule has 1 aliphatic rings. The standard InChI is InChI=1S/C12H15NO3S/c14-7-9-8-16-6-5-13(9)12(15)10-3-1-2-4-11(10)17/h1-4,9,14,17H,5-8H2. The Morgan fingerprint density at radius 1 is 1.53 bits per heavy atom. The fourth-order valence-electron chi connectivity index (χ4n) is 1.88. The predicted molar refractivity (Wildman–Crippen MR) is 66.4 cm³/mol. The van der Waals surface area contributed by atoms with E-state index in [0.717, 1.165) is 0 Å². The van der Waals surface area contributed by atoms with Crippen molar-refractivity contribution in [2.24, 2.45) is 0 Å². The van der Waals surface area contributed by atoms with E-state index in [2.05, 4.69) is 12.6 Å². The van der Waals surface area contributed by atoms with Crippen LogP contribution in [0.3, 0.4) is 0 Å². The molecule has 1 aromatic carbocycles. The van der Waals surface area contributed by atoms with Gasteiger partial charge < -0.3 is 14.7 Å². The Bertz CT molecular complexity index is 410. The minimum atomic E-state index is -0.260. The van der Waals surface area contributed by atoms with Crippen LogP contribution >= 0.6 is 12.6 Å². The van der Waals surface area contributed by atoms with Gasteiger partial charge in [-0.1, -0.05) is 12.1 Å². The van der Waals surface area contributed by atoms with E-state index in [1.54, 1.807) is 23.1 Å². The molecule has 5 heteroatoms. The number of rotatable bonds is 2. The van der Waals surface area contributed by atoms with Crippen LogP contribution in [-0.2, 0) is 4.74 Å². The number of aliphatic hydroxyl groups excluding tert-OH is 1. The number of nitrogens with zero attached hydrogens (tertiary/aromatic N) is 1. The third-order valence-electron chi connectivity index (χ3n) is 2.83. The van der Waals surface area contributed by atoms with Crippen molar-refractivity contribution in [1.29, 1.82) is 0 Å². The summed E-state index contributed by atoms with van der Waals surface area (Å²) in [6.45, 7) is 1.32. The van der Waals surface area contributed by atoms with Crippen LogP contribution < -0.4 is 0 Å². The summed E-state index contributed by atoms with van der Waals surface area (Å²) in [5, 5.41) is 9.23. The molecule has 1 aliphatic heterocycles. The number of ether oxygens (including phenoxy) is 1. The molecule has 1 heterocycles. The van der Waals surface area contributed by atoms with E-state index >= 15 is 0 Å². The van der Waals surface area contributed by atoms with Crippen molar-refractivity contribution >= 4 is 18.5 Å². The van der Waals surface area contributed by atoms with E-state index in [-0.39, 0.29) is 18.6 Å². The number of hydrogen-bond acceptors (Lipinski definition) is 4. The zero-order valence-corrected chi connectivity index (χ0v) is 10.3. The van der Waals surface area contributed by atoms with Gasteiger partial charge in [-0.05, 0) is 12.1 Å². The molecule has 1 unspecified atom stereocenters. The van der Waals surface area contributed by atoms with E-state index < -0.39 is 0 Å². The summed E-state index contributed by atoms with van der Waals surface area (Å²) in [5.74, 6) is -0.0991. The number of thiol groups is 1. The predicted octanol–water partition coefficient (Wildman–Crippen LogP) is 0.809. The smallest absolute Gasteiger partial charge is 0.255 e. The first kappa shape index (κ1) is 12.4. The first-order valence-corrected chi connectivity index (χ1v) is 5.96. The molecule has 92 valence electrons. The molecular weight excluding hydrogens is 238 g/mol. The lowest BCUT2D eigenvalue weighted by molar-refractivity contribution is -0.0185. The van der Waals surface area contributed by atoms with Crippen LogP contribution in [-0.4, -0.2) is 48.3 Å². The first-order valence-electron chi connectivity index (χ1n) is 5.51. The minimum absolute atomic E-state index is 0.0829. The summed E-state index contributed by atoms with van der Waals surface area (Å²) in [4.78, 5) is 14.6. The van der Waals surface area contributed by atoms with E-state index in [1.165, 1.54) is 0 Å². The highest BCUT2D eigenvalue weighted by molar-refractivity contribution is 7.80. The lowest BCUT2D eigenvalue weighted by Gasteiger charge is -2.34. The highest BCUT2D eigenvalue weighted by atomic mass is 32.1. The van der Waals surface area contributed by atoms with Gasteiger partial charge in [-0.3, -0.25) is 4.79 Å². The second kappa shape index (κ2) is 5.53. The van der Waals surface area contributed by atoms with Crippen LogP contribution in [0.15, 0.2) is 29.2 Å². The van der Waals surface area contributed by atoms with Gasteiger partial charge in [0, 0.05) is 11.4 Å².